The lowest BCUT2D eigenvalue weighted by molar-refractivity contribution is 0.122. The molecule has 2 aromatic rings. The van der Waals surface area contributed by atoms with Gasteiger partial charge in [0.05, 0.1) is 13.2 Å². The van der Waals surface area contributed by atoms with Gasteiger partial charge in [-0.05, 0) is 24.6 Å². The Hall–Kier alpha value is -2.16. The summed E-state index contributed by atoms with van der Waals surface area (Å²) in [5.74, 6) is 6.70. The highest BCUT2D eigenvalue weighted by molar-refractivity contribution is 6.31. The van der Waals surface area contributed by atoms with E-state index in [0.717, 1.165) is 24.3 Å². The molecule has 122 valence electrons. The van der Waals surface area contributed by atoms with Gasteiger partial charge in [0.15, 0.2) is 0 Å². The number of nitrogens with two attached hydrogens (primary N) is 1. The van der Waals surface area contributed by atoms with Crippen molar-refractivity contribution in [3.05, 3.63) is 28.8 Å². The number of morpholine rings is 1. The second-order valence-electron chi connectivity index (χ2n) is 5.12. The van der Waals surface area contributed by atoms with Crippen LogP contribution in [0.1, 0.15) is 5.56 Å². The van der Waals surface area contributed by atoms with E-state index < -0.39 is 0 Å². The maximum Gasteiger partial charge on any atom is 0.243 e. The Morgan fingerprint density at radius 2 is 1.91 bits per heavy atom. The third-order valence-corrected chi connectivity index (χ3v) is 3.88. The predicted octanol–water partition coefficient (Wildman–Crippen LogP) is 1.70. The van der Waals surface area contributed by atoms with Crippen LogP contribution in [0.25, 0.3) is 0 Å². The largest absolute Gasteiger partial charge is 0.378 e. The number of benzene rings is 1. The SMILES string of the molecule is Cc1ccc(Nc2nc(NN)nc(N3CCOCC3)n2)cc1Cl. The highest BCUT2D eigenvalue weighted by Crippen LogP contribution is 2.23. The minimum atomic E-state index is 0.294. The summed E-state index contributed by atoms with van der Waals surface area (Å²) in [6, 6.07) is 5.66. The van der Waals surface area contributed by atoms with Crippen LogP contribution in [0, 0.1) is 6.92 Å². The lowest BCUT2D eigenvalue weighted by Gasteiger charge is -2.27. The number of nitrogen functional groups attached to an aromatic ring is 1. The number of nitrogens with zero attached hydrogens (tertiary/aromatic N) is 4. The van der Waals surface area contributed by atoms with Gasteiger partial charge in [-0.25, -0.2) is 5.84 Å². The molecule has 0 atom stereocenters. The summed E-state index contributed by atoms with van der Waals surface area (Å²) in [4.78, 5) is 15.0. The highest BCUT2D eigenvalue weighted by atomic mass is 35.5. The number of rotatable bonds is 4. The Labute approximate surface area is 139 Å². The molecule has 1 aliphatic rings. The number of ether oxygens (including phenoxy) is 1. The number of aryl methyl sites for hydroxylation is 1. The molecule has 1 aromatic carbocycles. The van der Waals surface area contributed by atoms with Crippen LogP contribution < -0.4 is 21.5 Å². The third kappa shape index (κ3) is 3.79. The Bertz CT molecular complexity index is 691. The van der Waals surface area contributed by atoms with E-state index in [4.69, 9.17) is 22.2 Å². The van der Waals surface area contributed by atoms with Crippen molar-refractivity contribution in [2.75, 3.05) is 41.9 Å². The van der Waals surface area contributed by atoms with Crippen LogP contribution in [0.4, 0.5) is 23.5 Å². The van der Waals surface area contributed by atoms with Gasteiger partial charge in [-0.2, -0.15) is 15.0 Å². The molecule has 9 heteroatoms. The summed E-state index contributed by atoms with van der Waals surface area (Å²) in [6.45, 7) is 4.69. The number of hydrogen-bond donors (Lipinski definition) is 3. The molecule has 1 saturated heterocycles. The van der Waals surface area contributed by atoms with E-state index in [9.17, 15) is 0 Å². The Morgan fingerprint density at radius 1 is 1.17 bits per heavy atom. The molecular weight excluding hydrogens is 318 g/mol. The van der Waals surface area contributed by atoms with Crippen LogP contribution in [0.15, 0.2) is 18.2 Å². The first kappa shape index (κ1) is 15.7. The van der Waals surface area contributed by atoms with Crippen LogP contribution in [0.3, 0.4) is 0 Å². The summed E-state index contributed by atoms with van der Waals surface area (Å²) in [7, 11) is 0. The Balaban J connectivity index is 1.86. The summed E-state index contributed by atoms with van der Waals surface area (Å²) in [5, 5.41) is 3.80. The summed E-state index contributed by atoms with van der Waals surface area (Å²) in [5.41, 5.74) is 4.27. The van der Waals surface area contributed by atoms with Gasteiger partial charge in [0.25, 0.3) is 0 Å². The van der Waals surface area contributed by atoms with Crippen molar-refractivity contribution < 1.29 is 4.74 Å². The van der Waals surface area contributed by atoms with E-state index in [-0.39, 0.29) is 0 Å². The van der Waals surface area contributed by atoms with Gasteiger partial charge in [0.1, 0.15) is 0 Å². The molecule has 0 saturated carbocycles. The van der Waals surface area contributed by atoms with Crippen LogP contribution >= 0.6 is 11.6 Å². The molecular formula is C14H18ClN7O. The smallest absolute Gasteiger partial charge is 0.243 e. The lowest BCUT2D eigenvalue weighted by Crippen LogP contribution is -2.37. The molecule has 0 spiro atoms. The van der Waals surface area contributed by atoms with Crippen molar-refractivity contribution in [2.45, 2.75) is 6.92 Å². The second-order valence-corrected chi connectivity index (χ2v) is 5.52. The van der Waals surface area contributed by atoms with Crippen LogP contribution in [0.2, 0.25) is 5.02 Å². The fourth-order valence-electron chi connectivity index (χ4n) is 2.19. The van der Waals surface area contributed by atoms with Crippen molar-refractivity contribution in [3.63, 3.8) is 0 Å². The standard InChI is InChI=1S/C14H18ClN7O/c1-9-2-3-10(8-11(9)15)17-12-18-13(21-16)20-14(19-12)22-4-6-23-7-5-22/h2-3,8H,4-7,16H2,1H3,(H2,17,18,19,20,21). The van der Waals surface area contributed by atoms with Gasteiger partial charge in [0.2, 0.25) is 17.8 Å². The average Bonchev–Trinajstić information content (AvgIpc) is 2.58. The average molecular weight is 336 g/mol. The van der Waals surface area contributed by atoms with E-state index in [1.54, 1.807) is 0 Å². The van der Waals surface area contributed by atoms with E-state index >= 15 is 0 Å². The number of nitrogens with one attached hydrogen (secondary N) is 2. The normalized spacial score (nSPS) is 14.7. The van der Waals surface area contributed by atoms with Crippen molar-refractivity contribution in [3.8, 4) is 0 Å². The number of aromatic nitrogens is 3. The van der Waals surface area contributed by atoms with Gasteiger partial charge >= 0.3 is 0 Å². The molecule has 4 N–H and O–H groups in total. The molecule has 2 heterocycles. The monoisotopic (exact) mass is 335 g/mol. The number of anilines is 4. The fourth-order valence-corrected chi connectivity index (χ4v) is 2.37. The van der Waals surface area contributed by atoms with E-state index in [1.165, 1.54) is 0 Å². The predicted molar refractivity (Wildman–Crippen MR) is 90.1 cm³/mol. The van der Waals surface area contributed by atoms with Gasteiger partial charge in [-0.1, -0.05) is 17.7 Å². The van der Waals surface area contributed by atoms with Crippen molar-refractivity contribution in [1.82, 2.24) is 15.0 Å². The first-order valence-electron chi connectivity index (χ1n) is 7.24. The van der Waals surface area contributed by atoms with E-state index in [2.05, 4.69) is 25.7 Å². The molecule has 23 heavy (non-hydrogen) atoms. The molecule has 0 unspecified atom stereocenters. The first-order valence-corrected chi connectivity index (χ1v) is 7.62. The zero-order valence-corrected chi connectivity index (χ0v) is 13.5. The lowest BCUT2D eigenvalue weighted by atomic mass is 10.2. The van der Waals surface area contributed by atoms with Gasteiger partial charge in [0, 0.05) is 23.8 Å². The van der Waals surface area contributed by atoms with Gasteiger partial charge in [-0.3, -0.25) is 5.43 Å². The number of hydrazine groups is 1. The molecule has 0 aliphatic carbocycles. The van der Waals surface area contributed by atoms with E-state index in [0.29, 0.717) is 36.1 Å². The summed E-state index contributed by atoms with van der Waals surface area (Å²) >= 11 is 6.14. The maximum atomic E-state index is 6.14. The second kappa shape index (κ2) is 6.95. The number of halogens is 1. The summed E-state index contributed by atoms with van der Waals surface area (Å²) in [6.07, 6.45) is 0. The maximum absolute atomic E-state index is 6.14. The van der Waals surface area contributed by atoms with Crippen molar-refractivity contribution >= 4 is 35.1 Å². The number of hydrogen-bond acceptors (Lipinski definition) is 8. The fraction of sp³-hybridized carbons (Fsp3) is 0.357. The van der Waals surface area contributed by atoms with Gasteiger partial charge < -0.3 is 15.0 Å². The molecule has 0 bridgehead atoms. The van der Waals surface area contributed by atoms with Crippen LogP contribution in [0.5, 0.6) is 0 Å². The quantitative estimate of drug-likeness (QED) is 0.573. The molecule has 1 aromatic heterocycles. The minimum absolute atomic E-state index is 0.294. The molecule has 3 rings (SSSR count). The van der Waals surface area contributed by atoms with Crippen molar-refractivity contribution in [1.29, 1.82) is 0 Å². The highest BCUT2D eigenvalue weighted by Gasteiger charge is 2.16. The van der Waals surface area contributed by atoms with Crippen LogP contribution in [-0.2, 0) is 4.74 Å². The Morgan fingerprint density at radius 3 is 2.61 bits per heavy atom. The van der Waals surface area contributed by atoms with Crippen LogP contribution in [-0.4, -0.2) is 41.3 Å². The van der Waals surface area contributed by atoms with Gasteiger partial charge in [-0.15, -0.1) is 0 Å². The topological polar surface area (TPSA) is 101 Å². The minimum Gasteiger partial charge on any atom is -0.378 e. The van der Waals surface area contributed by atoms with E-state index in [1.807, 2.05) is 30.0 Å². The molecule has 0 radical (unpaired) electrons. The molecule has 0 amide bonds. The van der Waals surface area contributed by atoms with Crippen molar-refractivity contribution in [2.24, 2.45) is 5.84 Å². The Kier molecular flexibility index (Phi) is 4.75. The molecule has 8 nitrogen and oxygen atoms in total. The summed E-state index contributed by atoms with van der Waals surface area (Å²) < 4.78 is 5.34. The first-order chi connectivity index (χ1) is 11.2. The zero-order chi connectivity index (χ0) is 16.2. The zero-order valence-electron chi connectivity index (χ0n) is 12.7. The molecule has 1 aliphatic heterocycles. The third-order valence-electron chi connectivity index (χ3n) is 3.47. The molecule has 1 fully saturated rings.